The van der Waals surface area contributed by atoms with Crippen LogP contribution in [0.15, 0.2) is 28.7 Å². The van der Waals surface area contributed by atoms with E-state index in [1.54, 1.807) is 0 Å². The Bertz CT molecular complexity index is 307. The summed E-state index contributed by atoms with van der Waals surface area (Å²) in [6.07, 6.45) is 3.27. The van der Waals surface area contributed by atoms with Crippen LogP contribution in [0.4, 0.5) is 0 Å². The van der Waals surface area contributed by atoms with Crippen molar-refractivity contribution in [1.29, 1.82) is 0 Å². The molecular weight excluding hydrogens is 264 g/mol. The molecule has 0 aromatic heterocycles. The molecule has 0 radical (unpaired) electrons. The lowest BCUT2D eigenvalue weighted by Crippen LogP contribution is -2.20. The highest BCUT2D eigenvalue weighted by Crippen LogP contribution is 2.24. The third-order valence-corrected chi connectivity index (χ3v) is 3.83. The van der Waals surface area contributed by atoms with Crippen LogP contribution in [-0.2, 0) is 6.42 Å². The third kappa shape index (κ3) is 3.91. The predicted octanol–water partition coefficient (Wildman–Crippen LogP) is 4.04. The summed E-state index contributed by atoms with van der Waals surface area (Å²) in [7, 11) is 0. The summed E-state index contributed by atoms with van der Waals surface area (Å²) in [5.74, 6) is 1.02. The van der Waals surface area contributed by atoms with E-state index in [-0.39, 0.29) is 0 Å². The standard InChI is InChI=1S/C14H21BrO/c1-3-12(4-2)13(10-16)8-11-6-5-7-14(15)9-11/h5-7,9,12-13,16H,3-4,8,10H2,1-2H3. The van der Waals surface area contributed by atoms with Crippen molar-refractivity contribution in [2.45, 2.75) is 33.1 Å². The van der Waals surface area contributed by atoms with Gasteiger partial charge >= 0.3 is 0 Å². The molecule has 0 aliphatic carbocycles. The van der Waals surface area contributed by atoms with E-state index in [0.29, 0.717) is 18.4 Å². The molecule has 1 aromatic carbocycles. The highest BCUT2D eigenvalue weighted by Gasteiger charge is 2.17. The summed E-state index contributed by atoms with van der Waals surface area (Å²) in [5, 5.41) is 9.48. The molecule has 0 amide bonds. The zero-order valence-corrected chi connectivity index (χ0v) is 11.7. The van der Waals surface area contributed by atoms with E-state index in [2.05, 4.69) is 48.0 Å². The van der Waals surface area contributed by atoms with Gasteiger partial charge in [-0.1, -0.05) is 54.8 Å². The first-order valence-corrected chi connectivity index (χ1v) is 6.85. The zero-order chi connectivity index (χ0) is 12.0. The van der Waals surface area contributed by atoms with Gasteiger partial charge in [0.25, 0.3) is 0 Å². The van der Waals surface area contributed by atoms with Crippen LogP contribution in [0.5, 0.6) is 0 Å². The van der Waals surface area contributed by atoms with Crippen molar-refractivity contribution in [2.75, 3.05) is 6.61 Å². The minimum absolute atomic E-state index is 0.291. The Morgan fingerprint density at radius 3 is 2.38 bits per heavy atom. The number of aliphatic hydroxyl groups excluding tert-OH is 1. The first-order valence-electron chi connectivity index (χ1n) is 6.06. The molecular formula is C14H21BrO. The topological polar surface area (TPSA) is 20.2 Å². The molecule has 1 N–H and O–H groups in total. The lowest BCUT2D eigenvalue weighted by Gasteiger charge is -2.23. The Morgan fingerprint density at radius 2 is 1.88 bits per heavy atom. The van der Waals surface area contributed by atoms with Crippen LogP contribution < -0.4 is 0 Å². The molecule has 0 aliphatic heterocycles. The number of hydrogen-bond acceptors (Lipinski definition) is 1. The molecule has 1 rings (SSSR count). The lowest BCUT2D eigenvalue weighted by atomic mass is 9.84. The number of halogens is 1. The Balaban J connectivity index is 2.69. The fraction of sp³-hybridized carbons (Fsp3) is 0.571. The fourth-order valence-corrected chi connectivity index (χ4v) is 2.75. The molecule has 16 heavy (non-hydrogen) atoms. The van der Waals surface area contributed by atoms with E-state index in [9.17, 15) is 5.11 Å². The van der Waals surface area contributed by atoms with Crippen LogP contribution in [0.1, 0.15) is 32.3 Å². The fourth-order valence-electron chi connectivity index (χ4n) is 2.30. The Labute approximate surface area is 107 Å². The van der Waals surface area contributed by atoms with Crippen LogP contribution in [0.3, 0.4) is 0 Å². The average molecular weight is 285 g/mol. The summed E-state index contributed by atoms with van der Waals surface area (Å²) in [6.45, 7) is 4.70. The van der Waals surface area contributed by atoms with Gasteiger partial charge in [0, 0.05) is 11.1 Å². The molecule has 1 unspecified atom stereocenters. The van der Waals surface area contributed by atoms with Crippen LogP contribution in [0.25, 0.3) is 0 Å². The largest absolute Gasteiger partial charge is 0.396 e. The van der Waals surface area contributed by atoms with Gasteiger partial charge in [-0.25, -0.2) is 0 Å². The predicted molar refractivity (Wildman–Crippen MR) is 72.5 cm³/mol. The molecule has 1 atom stereocenters. The normalized spacial score (nSPS) is 13.1. The van der Waals surface area contributed by atoms with Crippen molar-refractivity contribution in [3.63, 3.8) is 0 Å². The highest BCUT2D eigenvalue weighted by atomic mass is 79.9. The smallest absolute Gasteiger partial charge is 0.0465 e. The third-order valence-electron chi connectivity index (χ3n) is 3.34. The van der Waals surface area contributed by atoms with E-state index >= 15 is 0 Å². The molecule has 1 aromatic rings. The second kappa shape index (κ2) is 7.08. The van der Waals surface area contributed by atoms with Crippen molar-refractivity contribution in [3.05, 3.63) is 34.3 Å². The van der Waals surface area contributed by atoms with Crippen molar-refractivity contribution in [1.82, 2.24) is 0 Å². The molecule has 1 nitrogen and oxygen atoms in total. The summed E-state index contributed by atoms with van der Waals surface area (Å²) >= 11 is 3.48. The average Bonchev–Trinajstić information content (AvgIpc) is 2.29. The van der Waals surface area contributed by atoms with Crippen molar-refractivity contribution in [3.8, 4) is 0 Å². The minimum Gasteiger partial charge on any atom is -0.396 e. The molecule has 0 bridgehead atoms. The molecule has 0 saturated carbocycles. The van der Waals surface area contributed by atoms with Gasteiger partial charge in [0.05, 0.1) is 0 Å². The van der Waals surface area contributed by atoms with Crippen molar-refractivity contribution < 1.29 is 5.11 Å². The maximum atomic E-state index is 9.48. The zero-order valence-electron chi connectivity index (χ0n) is 10.1. The van der Waals surface area contributed by atoms with Crippen molar-refractivity contribution in [2.24, 2.45) is 11.8 Å². The summed E-state index contributed by atoms with van der Waals surface area (Å²) in [5.41, 5.74) is 1.31. The maximum absolute atomic E-state index is 9.48. The molecule has 0 aliphatic rings. The number of hydrogen-bond donors (Lipinski definition) is 1. The Kier molecular flexibility index (Phi) is 6.07. The van der Waals surface area contributed by atoms with Gasteiger partial charge in [0.2, 0.25) is 0 Å². The van der Waals surface area contributed by atoms with Crippen LogP contribution in [-0.4, -0.2) is 11.7 Å². The lowest BCUT2D eigenvalue weighted by molar-refractivity contribution is 0.167. The number of benzene rings is 1. The van der Waals surface area contributed by atoms with Gasteiger partial charge in [-0.15, -0.1) is 0 Å². The summed E-state index contributed by atoms with van der Waals surface area (Å²) in [6, 6.07) is 8.37. The van der Waals surface area contributed by atoms with Crippen molar-refractivity contribution >= 4 is 15.9 Å². The SMILES string of the molecule is CCC(CC)C(CO)Cc1cccc(Br)c1. The van der Waals surface area contributed by atoms with Crippen LogP contribution in [0.2, 0.25) is 0 Å². The van der Waals surface area contributed by atoms with Gasteiger partial charge in [-0.3, -0.25) is 0 Å². The van der Waals surface area contributed by atoms with Gasteiger partial charge in [0.1, 0.15) is 0 Å². The molecule has 0 heterocycles. The molecule has 2 heteroatoms. The van der Waals surface area contributed by atoms with E-state index in [0.717, 1.165) is 23.7 Å². The summed E-state index contributed by atoms with van der Waals surface area (Å²) in [4.78, 5) is 0. The number of aliphatic hydroxyl groups is 1. The molecule has 90 valence electrons. The maximum Gasteiger partial charge on any atom is 0.0465 e. The van der Waals surface area contributed by atoms with Crippen LogP contribution >= 0.6 is 15.9 Å². The first kappa shape index (κ1) is 13.7. The monoisotopic (exact) mass is 284 g/mol. The second-order valence-corrected chi connectivity index (χ2v) is 5.27. The highest BCUT2D eigenvalue weighted by molar-refractivity contribution is 9.10. The minimum atomic E-state index is 0.291. The summed E-state index contributed by atoms with van der Waals surface area (Å²) < 4.78 is 1.12. The van der Waals surface area contributed by atoms with Gasteiger partial charge < -0.3 is 5.11 Å². The van der Waals surface area contributed by atoms with E-state index < -0.39 is 0 Å². The van der Waals surface area contributed by atoms with Gasteiger partial charge in [0.15, 0.2) is 0 Å². The second-order valence-electron chi connectivity index (χ2n) is 4.35. The van der Waals surface area contributed by atoms with E-state index in [4.69, 9.17) is 0 Å². The number of rotatable bonds is 6. The molecule has 0 saturated heterocycles. The van der Waals surface area contributed by atoms with Gasteiger partial charge in [-0.05, 0) is 36.0 Å². The molecule has 0 fully saturated rings. The molecule has 0 spiro atoms. The first-order chi connectivity index (χ1) is 7.71. The Hall–Kier alpha value is -0.340. The van der Waals surface area contributed by atoms with E-state index in [1.807, 2.05) is 6.07 Å². The Morgan fingerprint density at radius 1 is 1.19 bits per heavy atom. The van der Waals surface area contributed by atoms with E-state index in [1.165, 1.54) is 5.56 Å². The quantitative estimate of drug-likeness (QED) is 0.836. The van der Waals surface area contributed by atoms with Gasteiger partial charge in [-0.2, -0.15) is 0 Å². The van der Waals surface area contributed by atoms with Crippen LogP contribution in [0, 0.1) is 11.8 Å².